The number of nitrogen functional groups attached to an aromatic ring is 1. The molecule has 1 saturated heterocycles. The summed E-state index contributed by atoms with van der Waals surface area (Å²) < 4.78 is 7.07. The van der Waals surface area contributed by atoms with Crippen LogP contribution in [0.4, 0.5) is 5.82 Å². The average molecular weight is 280 g/mol. The Morgan fingerprint density at radius 1 is 1.50 bits per heavy atom. The summed E-state index contributed by atoms with van der Waals surface area (Å²) in [7, 11) is 0. The lowest BCUT2D eigenvalue weighted by atomic mass is 9.91. The number of nitrogens with two attached hydrogens (primary N) is 1. The second-order valence-electron chi connectivity index (χ2n) is 5.11. The van der Waals surface area contributed by atoms with Gasteiger partial charge < -0.3 is 25.8 Å². The molecule has 0 saturated carbocycles. The van der Waals surface area contributed by atoms with Crippen molar-refractivity contribution in [1.82, 2.24) is 14.6 Å². The molecule has 3 rings (SSSR count). The normalized spacial score (nSPS) is 33.9. The van der Waals surface area contributed by atoms with Crippen LogP contribution in [0, 0.1) is 0 Å². The molecule has 1 unspecified atom stereocenters. The van der Waals surface area contributed by atoms with Crippen molar-refractivity contribution in [1.29, 1.82) is 0 Å². The second-order valence-corrected chi connectivity index (χ2v) is 5.11. The highest BCUT2D eigenvalue weighted by atomic mass is 16.6. The van der Waals surface area contributed by atoms with E-state index in [0.717, 1.165) is 0 Å². The molecule has 1 aliphatic heterocycles. The van der Waals surface area contributed by atoms with Gasteiger partial charge in [-0.05, 0) is 19.1 Å². The first kappa shape index (κ1) is 13.3. The van der Waals surface area contributed by atoms with Crippen molar-refractivity contribution in [2.75, 3.05) is 12.3 Å². The number of nitrogens with zero attached hydrogens (tertiary/aromatic N) is 3. The average Bonchev–Trinajstić information content (AvgIpc) is 2.92. The molecule has 1 aliphatic rings. The molecule has 2 aromatic heterocycles. The van der Waals surface area contributed by atoms with Gasteiger partial charge in [0.2, 0.25) is 0 Å². The second kappa shape index (κ2) is 4.38. The van der Waals surface area contributed by atoms with Gasteiger partial charge in [0.25, 0.3) is 0 Å². The maximum atomic E-state index is 10.5. The number of rotatable bonds is 2. The molecular weight excluding hydrogens is 264 g/mol. The molecule has 8 heteroatoms. The van der Waals surface area contributed by atoms with Gasteiger partial charge in [-0.15, -0.1) is 0 Å². The van der Waals surface area contributed by atoms with Crippen LogP contribution in [-0.4, -0.2) is 54.3 Å². The number of anilines is 1. The summed E-state index contributed by atoms with van der Waals surface area (Å²) in [6.45, 7) is 1.08. The van der Waals surface area contributed by atoms with Crippen molar-refractivity contribution in [3.63, 3.8) is 0 Å². The quantitative estimate of drug-likeness (QED) is 0.547. The summed E-state index contributed by atoms with van der Waals surface area (Å²) in [5, 5.41) is 33.7. The van der Waals surface area contributed by atoms with Gasteiger partial charge >= 0.3 is 0 Å². The fraction of sp³-hybridized carbons (Fsp3) is 0.500. The predicted octanol–water partition coefficient (Wildman–Crippen LogP) is -1.14. The molecule has 0 radical (unpaired) electrons. The standard InChI is InChI=1S/C12H16N4O4/c1-12(19)9(18)8(4-17)20-10(12)6-2-3-7-11(13)14-5-15-16(6)7/h2-3,5,8-10,17-19H,4H2,1H3,(H2,13,14,15)/t8-,9+,10+,12?/m1/s1. The molecule has 3 heterocycles. The Bertz CT molecular complexity index is 641. The van der Waals surface area contributed by atoms with Gasteiger partial charge in [-0.3, -0.25) is 0 Å². The van der Waals surface area contributed by atoms with E-state index in [2.05, 4.69) is 10.1 Å². The summed E-state index contributed by atoms with van der Waals surface area (Å²) in [6, 6.07) is 3.41. The first-order chi connectivity index (χ1) is 9.46. The minimum Gasteiger partial charge on any atom is -0.394 e. The fourth-order valence-electron chi connectivity index (χ4n) is 2.60. The first-order valence-electron chi connectivity index (χ1n) is 6.21. The van der Waals surface area contributed by atoms with Gasteiger partial charge in [0, 0.05) is 0 Å². The molecular formula is C12H16N4O4. The molecule has 108 valence electrons. The smallest absolute Gasteiger partial charge is 0.151 e. The van der Waals surface area contributed by atoms with Crippen molar-refractivity contribution in [2.45, 2.75) is 30.8 Å². The number of ether oxygens (including phenoxy) is 1. The van der Waals surface area contributed by atoms with Crippen molar-refractivity contribution >= 4 is 11.3 Å². The van der Waals surface area contributed by atoms with Gasteiger partial charge in [-0.25, -0.2) is 9.50 Å². The van der Waals surface area contributed by atoms with Gasteiger partial charge in [0.05, 0.1) is 12.3 Å². The monoisotopic (exact) mass is 280 g/mol. The fourth-order valence-corrected chi connectivity index (χ4v) is 2.60. The summed E-state index contributed by atoms with van der Waals surface area (Å²) in [5.41, 5.74) is 5.33. The maximum absolute atomic E-state index is 10.5. The zero-order valence-corrected chi connectivity index (χ0v) is 10.8. The van der Waals surface area contributed by atoms with Crippen LogP contribution in [0.5, 0.6) is 0 Å². The van der Waals surface area contributed by atoms with E-state index in [1.54, 1.807) is 12.1 Å². The Balaban J connectivity index is 2.10. The Hall–Kier alpha value is -1.74. The largest absolute Gasteiger partial charge is 0.394 e. The molecule has 0 aliphatic carbocycles. The lowest BCUT2D eigenvalue weighted by Gasteiger charge is -2.26. The van der Waals surface area contributed by atoms with Crippen LogP contribution in [0.25, 0.3) is 5.52 Å². The number of hydrogen-bond acceptors (Lipinski definition) is 7. The minimum absolute atomic E-state index is 0.308. The van der Waals surface area contributed by atoms with Crippen LogP contribution in [0.1, 0.15) is 18.7 Å². The van der Waals surface area contributed by atoms with Gasteiger partial charge in [-0.1, -0.05) is 0 Å². The van der Waals surface area contributed by atoms with Crippen LogP contribution < -0.4 is 5.73 Å². The Kier molecular flexibility index (Phi) is 2.91. The van der Waals surface area contributed by atoms with E-state index in [0.29, 0.717) is 17.0 Å². The highest BCUT2D eigenvalue weighted by Gasteiger charge is 2.53. The Labute approximate surface area is 114 Å². The van der Waals surface area contributed by atoms with E-state index in [1.807, 2.05) is 0 Å². The molecule has 0 amide bonds. The van der Waals surface area contributed by atoms with E-state index in [1.165, 1.54) is 17.8 Å². The minimum atomic E-state index is -1.54. The predicted molar refractivity (Wildman–Crippen MR) is 68.7 cm³/mol. The summed E-state index contributed by atoms with van der Waals surface area (Å²) in [6.07, 6.45) is -1.57. The van der Waals surface area contributed by atoms with Gasteiger partial charge in [0.1, 0.15) is 35.8 Å². The molecule has 8 nitrogen and oxygen atoms in total. The summed E-state index contributed by atoms with van der Waals surface area (Å²) in [4.78, 5) is 3.88. The van der Waals surface area contributed by atoms with Crippen molar-refractivity contribution in [3.8, 4) is 0 Å². The van der Waals surface area contributed by atoms with E-state index in [9.17, 15) is 15.3 Å². The van der Waals surface area contributed by atoms with Crippen LogP contribution in [-0.2, 0) is 4.74 Å². The number of fused-ring (bicyclic) bond motifs is 1. The lowest BCUT2D eigenvalue weighted by molar-refractivity contribution is -0.0664. The number of aromatic nitrogens is 3. The van der Waals surface area contributed by atoms with Gasteiger partial charge in [0.15, 0.2) is 5.82 Å². The van der Waals surface area contributed by atoms with Crippen LogP contribution in [0.2, 0.25) is 0 Å². The van der Waals surface area contributed by atoms with Crippen molar-refractivity contribution < 1.29 is 20.1 Å². The van der Waals surface area contributed by atoms with E-state index >= 15 is 0 Å². The molecule has 0 bridgehead atoms. The maximum Gasteiger partial charge on any atom is 0.151 e. The first-order valence-corrected chi connectivity index (χ1v) is 6.21. The molecule has 1 fully saturated rings. The van der Waals surface area contributed by atoms with E-state index < -0.39 is 23.9 Å². The Morgan fingerprint density at radius 3 is 2.90 bits per heavy atom. The summed E-state index contributed by atoms with van der Waals surface area (Å²) in [5.74, 6) is 0.308. The van der Waals surface area contributed by atoms with Gasteiger partial charge in [-0.2, -0.15) is 5.10 Å². The number of aliphatic hydroxyl groups excluding tert-OH is 2. The molecule has 0 spiro atoms. The highest BCUT2D eigenvalue weighted by molar-refractivity contribution is 5.65. The molecule has 0 aromatic carbocycles. The van der Waals surface area contributed by atoms with E-state index in [-0.39, 0.29) is 6.61 Å². The molecule has 20 heavy (non-hydrogen) atoms. The third-order valence-corrected chi connectivity index (χ3v) is 3.75. The SMILES string of the molecule is CC1(O)[C@H](c2ccc3c(N)ncnn23)O[C@H](CO)[C@@H]1O. The summed E-state index contributed by atoms with van der Waals surface area (Å²) >= 11 is 0. The van der Waals surface area contributed by atoms with Crippen LogP contribution in [0.3, 0.4) is 0 Å². The third-order valence-electron chi connectivity index (χ3n) is 3.75. The van der Waals surface area contributed by atoms with Crippen LogP contribution >= 0.6 is 0 Å². The zero-order valence-electron chi connectivity index (χ0n) is 10.8. The van der Waals surface area contributed by atoms with Crippen LogP contribution in [0.15, 0.2) is 18.5 Å². The highest BCUT2D eigenvalue weighted by Crippen LogP contribution is 2.41. The topological polar surface area (TPSA) is 126 Å². The molecule has 2 aromatic rings. The molecule has 5 N–H and O–H groups in total. The zero-order chi connectivity index (χ0) is 14.5. The third kappa shape index (κ3) is 1.70. The van der Waals surface area contributed by atoms with Crippen molar-refractivity contribution in [3.05, 3.63) is 24.2 Å². The Morgan fingerprint density at radius 2 is 2.25 bits per heavy atom. The number of aliphatic hydroxyl groups is 3. The van der Waals surface area contributed by atoms with Crippen molar-refractivity contribution in [2.24, 2.45) is 0 Å². The lowest BCUT2D eigenvalue weighted by Crippen LogP contribution is -2.43. The van der Waals surface area contributed by atoms with E-state index in [4.69, 9.17) is 10.5 Å². The molecule has 4 atom stereocenters. The number of hydrogen-bond donors (Lipinski definition) is 4.